The van der Waals surface area contributed by atoms with E-state index in [4.69, 9.17) is 14.2 Å². The first-order chi connectivity index (χ1) is 18.0. The van der Waals surface area contributed by atoms with Gasteiger partial charge in [0.1, 0.15) is 31.0 Å². The zero-order valence-corrected chi connectivity index (χ0v) is 22.2. The SMILES string of the molecule is CC12CCC(OC3OC(CO)C(O)C(O)C3O)CC1CCC1C2C=CC2(C)C(C3=CC(=O)OC3)CCC12O. The first-order valence-corrected chi connectivity index (χ1v) is 14.3. The Kier molecular flexibility index (Phi) is 6.62. The van der Waals surface area contributed by atoms with Crippen LogP contribution < -0.4 is 0 Å². The van der Waals surface area contributed by atoms with Crippen LogP contribution in [0.15, 0.2) is 23.8 Å². The third-order valence-corrected chi connectivity index (χ3v) is 11.5. The van der Waals surface area contributed by atoms with E-state index in [9.17, 15) is 30.3 Å². The predicted molar refractivity (Wildman–Crippen MR) is 134 cm³/mol. The molecule has 5 N–H and O–H groups in total. The number of rotatable bonds is 4. The van der Waals surface area contributed by atoms with E-state index >= 15 is 0 Å². The Morgan fingerprint density at radius 2 is 1.84 bits per heavy atom. The molecule has 2 heterocycles. The monoisotopic (exact) mass is 534 g/mol. The van der Waals surface area contributed by atoms with Crippen molar-refractivity contribution in [2.45, 2.75) is 101 Å². The molecule has 0 aromatic heterocycles. The number of hydrogen-bond donors (Lipinski definition) is 5. The lowest BCUT2D eigenvalue weighted by molar-refractivity contribution is -0.316. The Bertz CT molecular complexity index is 1010. The van der Waals surface area contributed by atoms with Crippen LogP contribution in [0.2, 0.25) is 0 Å². The van der Waals surface area contributed by atoms with E-state index in [0.717, 1.165) is 50.5 Å². The van der Waals surface area contributed by atoms with E-state index < -0.39 is 48.3 Å². The zero-order valence-electron chi connectivity index (χ0n) is 22.2. The zero-order chi connectivity index (χ0) is 27.0. The molecule has 0 amide bonds. The van der Waals surface area contributed by atoms with Crippen molar-refractivity contribution in [3.05, 3.63) is 23.8 Å². The fraction of sp³-hybridized carbons (Fsp3) is 0.828. The first kappa shape index (κ1) is 26.9. The summed E-state index contributed by atoms with van der Waals surface area (Å²) in [6, 6.07) is 0. The van der Waals surface area contributed by atoms with Crippen LogP contribution >= 0.6 is 0 Å². The molecular weight excluding hydrogens is 492 g/mol. The van der Waals surface area contributed by atoms with Gasteiger partial charge in [-0.3, -0.25) is 0 Å². The van der Waals surface area contributed by atoms with Crippen molar-refractivity contribution in [1.82, 2.24) is 0 Å². The van der Waals surface area contributed by atoms with Crippen LogP contribution in [0.4, 0.5) is 0 Å². The molecule has 13 atom stereocenters. The van der Waals surface area contributed by atoms with Gasteiger partial charge in [-0.05, 0) is 79.6 Å². The molecule has 4 fully saturated rings. The maximum Gasteiger partial charge on any atom is 0.331 e. The second kappa shape index (κ2) is 9.36. The summed E-state index contributed by atoms with van der Waals surface area (Å²) in [7, 11) is 0. The van der Waals surface area contributed by atoms with Crippen molar-refractivity contribution in [1.29, 1.82) is 0 Å². The smallest absolute Gasteiger partial charge is 0.331 e. The van der Waals surface area contributed by atoms with Crippen LogP contribution in [-0.4, -0.2) is 87.1 Å². The molecule has 9 heteroatoms. The number of aliphatic hydroxyl groups is 5. The van der Waals surface area contributed by atoms with Gasteiger partial charge in [0.2, 0.25) is 0 Å². The molecule has 9 nitrogen and oxygen atoms in total. The Hall–Kier alpha value is -1.33. The van der Waals surface area contributed by atoms with Gasteiger partial charge in [0.05, 0.1) is 18.3 Å². The van der Waals surface area contributed by atoms with E-state index in [2.05, 4.69) is 26.0 Å². The summed E-state index contributed by atoms with van der Waals surface area (Å²) < 4.78 is 17.0. The molecule has 1 saturated heterocycles. The van der Waals surface area contributed by atoms with Gasteiger partial charge in [-0.15, -0.1) is 0 Å². The summed E-state index contributed by atoms with van der Waals surface area (Å²) in [5.74, 6) is 0.564. The van der Waals surface area contributed by atoms with Crippen LogP contribution in [0.3, 0.4) is 0 Å². The molecule has 38 heavy (non-hydrogen) atoms. The van der Waals surface area contributed by atoms with Crippen LogP contribution in [0.5, 0.6) is 0 Å². The lowest BCUT2D eigenvalue weighted by atomic mass is 9.45. The summed E-state index contributed by atoms with van der Waals surface area (Å²) in [6.45, 7) is 4.34. The van der Waals surface area contributed by atoms with E-state index in [-0.39, 0.29) is 35.2 Å². The van der Waals surface area contributed by atoms with E-state index in [1.54, 1.807) is 6.08 Å². The van der Waals surface area contributed by atoms with Crippen molar-refractivity contribution in [2.24, 2.45) is 34.5 Å². The van der Waals surface area contributed by atoms with Gasteiger partial charge in [0.25, 0.3) is 0 Å². The number of fused-ring (bicyclic) bond motifs is 5. The maximum atomic E-state index is 12.3. The van der Waals surface area contributed by atoms with E-state index in [1.807, 2.05) is 0 Å². The lowest BCUT2D eigenvalue weighted by Gasteiger charge is -2.61. The standard InChI is InChI=1S/C29H42O9/c1-27-8-5-17(37-26-25(34)24(33)23(32)21(13-30)38-26)12-16(27)3-4-20-19(27)6-9-28(2)18(7-10-29(20,28)35)15-11-22(31)36-14-15/h6,9,11,16-21,23-26,30,32-35H,3-5,7-8,10,12-14H2,1-2H3. The molecule has 6 rings (SSSR count). The van der Waals surface area contributed by atoms with Gasteiger partial charge in [-0.1, -0.05) is 26.0 Å². The van der Waals surface area contributed by atoms with E-state index in [0.29, 0.717) is 12.5 Å². The molecule has 0 aromatic rings. The molecule has 212 valence electrons. The van der Waals surface area contributed by atoms with Gasteiger partial charge >= 0.3 is 5.97 Å². The summed E-state index contributed by atoms with van der Waals surface area (Å²) in [5, 5.41) is 52.5. The van der Waals surface area contributed by atoms with Crippen molar-refractivity contribution < 1.29 is 44.5 Å². The summed E-state index contributed by atoms with van der Waals surface area (Å²) in [6.07, 6.45) is 5.58. The highest BCUT2D eigenvalue weighted by molar-refractivity contribution is 5.85. The molecule has 13 unspecified atom stereocenters. The summed E-state index contributed by atoms with van der Waals surface area (Å²) in [4.78, 5) is 11.8. The Morgan fingerprint density at radius 3 is 2.55 bits per heavy atom. The number of cyclic esters (lactones) is 1. The molecule has 0 spiro atoms. The largest absolute Gasteiger partial charge is 0.458 e. The number of ether oxygens (including phenoxy) is 3. The Morgan fingerprint density at radius 1 is 1.05 bits per heavy atom. The minimum absolute atomic E-state index is 0.00446. The molecule has 0 aromatic carbocycles. The lowest BCUT2D eigenvalue weighted by Crippen LogP contribution is -2.61. The fourth-order valence-electron chi connectivity index (χ4n) is 9.21. The van der Waals surface area contributed by atoms with Crippen LogP contribution in [0, 0.1) is 34.5 Å². The Balaban J connectivity index is 1.18. The second-order valence-corrected chi connectivity index (χ2v) is 13.1. The number of aliphatic hydroxyl groups excluding tert-OH is 4. The molecule has 0 bridgehead atoms. The summed E-state index contributed by atoms with van der Waals surface area (Å²) >= 11 is 0. The summed E-state index contributed by atoms with van der Waals surface area (Å²) in [5.41, 5.74) is -0.264. The molecule has 0 radical (unpaired) electrons. The third kappa shape index (κ3) is 3.80. The van der Waals surface area contributed by atoms with Crippen molar-refractivity contribution in [3.8, 4) is 0 Å². The van der Waals surface area contributed by atoms with Gasteiger partial charge in [-0.2, -0.15) is 0 Å². The topological polar surface area (TPSA) is 146 Å². The predicted octanol–water partition coefficient (Wildman–Crippen LogP) is 1.20. The molecule has 3 saturated carbocycles. The van der Waals surface area contributed by atoms with Crippen molar-refractivity contribution in [2.75, 3.05) is 13.2 Å². The van der Waals surface area contributed by atoms with Gasteiger partial charge in [-0.25, -0.2) is 4.79 Å². The highest BCUT2D eigenvalue weighted by atomic mass is 16.7. The number of carbonyl (C=O) groups excluding carboxylic acids is 1. The Labute approximate surface area is 223 Å². The first-order valence-electron chi connectivity index (χ1n) is 14.3. The van der Waals surface area contributed by atoms with Gasteiger partial charge < -0.3 is 39.7 Å². The fourth-order valence-corrected chi connectivity index (χ4v) is 9.21. The van der Waals surface area contributed by atoms with E-state index in [1.165, 1.54) is 0 Å². The molecule has 6 aliphatic rings. The van der Waals surface area contributed by atoms with Gasteiger partial charge in [0.15, 0.2) is 6.29 Å². The molecule has 2 aliphatic heterocycles. The number of allylic oxidation sites excluding steroid dienone is 1. The average molecular weight is 535 g/mol. The van der Waals surface area contributed by atoms with Crippen LogP contribution in [0.1, 0.15) is 58.8 Å². The quantitative estimate of drug-likeness (QED) is 0.204. The third-order valence-electron chi connectivity index (χ3n) is 11.5. The molecule has 4 aliphatic carbocycles. The highest BCUT2D eigenvalue weighted by Crippen LogP contribution is 2.67. The normalized spacial score (nSPS) is 54.1. The van der Waals surface area contributed by atoms with Gasteiger partial charge in [0, 0.05) is 11.5 Å². The minimum atomic E-state index is -1.45. The molecular formula is C29H42O9. The second-order valence-electron chi connectivity index (χ2n) is 13.1. The highest BCUT2D eigenvalue weighted by Gasteiger charge is 2.66. The average Bonchev–Trinajstić information content (AvgIpc) is 3.44. The minimum Gasteiger partial charge on any atom is -0.458 e. The van der Waals surface area contributed by atoms with Crippen molar-refractivity contribution >= 4 is 5.97 Å². The number of carbonyl (C=O) groups is 1. The number of hydrogen-bond acceptors (Lipinski definition) is 9. The van der Waals surface area contributed by atoms with Crippen molar-refractivity contribution in [3.63, 3.8) is 0 Å². The van der Waals surface area contributed by atoms with Crippen LogP contribution in [-0.2, 0) is 19.0 Å². The number of esters is 1. The van der Waals surface area contributed by atoms with Crippen LogP contribution in [0.25, 0.3) is 0 Å². The maximum absolute atomic E-state index is 12.3.